The number of hydrogen-bond donors (Lipinski definition) is 1. The lowest BCUT2D eigenvalue weighted by Gasteiger charge is -2.14. The number of pyridine rings is 2. The lowest BCUT2D eigenvalue weighted by molar-refractivity contribution is -0.384. The van der Waals surface area contributed by atoms with E-state index in [0.29, 0.717) is 11.0 Å². The van der Waals surface area contributed by atoms with Gasteiger partial charge in [0.25, 0.3) is 17.2 Å². The van der Waals surface area contributed by atoms with Crippen molar-refractivity contribution in [2.75, 3.05) is 12.4 Å². The topological polar surface area (TPSA) is 116 Å². The zero-order chi connectivity index (χ0) is 23.5. The van der Waals surface area contributed by atoms with Crippen molar-refractivity contribution in [3.63, 3.8) is 0 Å². The predicted octanol–water partition coefficient (Wildman–Crippen LogP) is 3.75. The Hall–Kier alpha value is -4.60. The molecule has 1 amide bonds. The second-order valence-corrected chi connectivity index (χ2v) is 7.05. The number of methoxy groups -OCH3 is 1. The zero-order valence-electron chi connectivity index (χ0n) is 17.3. The number of rotatable bonds is 6. The van der Waals surface area contributed by atoms with Crippen molar-refractivity contribution in [3.8, 4) is 5.75 Å². The Kier molecular flexibility index (Phi) is 5.81. The molecule has 4 aromatic rings. The van der Waals surface area contributed by atoms with E-state index in [4.69, 9.17) is 4.74 Å². The number of nitrogens with zero attached hydrogens (tertiary/aromatic N) is 3. The van der Waals surface area contributed by atoms with Crippen LogP contribution in [0.15, 0.2) is 71.7 Å². The van der Waals surface area contributed by atoms with Crippen LogP contribution in [0.5, 0.6) is 5.75 Å². The Balaban J connectivity index is 1.78. The van der Waals surface area contributed by atoms with Crippen LogP contribution in [0.2, 0.25) is 0 Å². The van der Waals surface area contributed by atoms with Gasteiger partial charge in [0.05, 0.1) is 30.3 Å². The molecule has 2 aromatic heterocycles. The number of carbonyl (C=O) groups excluding carboxylic acids is 1. The largest absolute Gasteiger partial charge is 0.494 e. The lowest BCUT2D eigenvalue weighted by atomic mass is 10.1. The van der Waals surface area contributed by atoms with Crippen molar-refractivity contribution in [2.45, 2.75) is 6.54 Å². The number of nitro groups is 1. The minimum atomic E-state index is -0.750. The number of halogens is 1. The summed E-state index contributed by atoms with van der Waals surface area (Å²) in [6, 6.07) is 14.4. The Morgan fingerprint density at radius 1 is 1.18 bits per heavy atom. The molecule has 0 spiro atoms. The lowest BCUT2D eigenvalue weighted by Crippen LogP contribution is -2.30. The first-order valence-corrected chi connectivity index (χ1v) is 9.75. The first-order chi connectivity index (χ1) is 15.9. The molecule has 2 aromatic carbocycles. The number of amides is 1. The molecule has 10 heteroatoms. The van der Waals surface area contributed by atoms with Crippen LogP contribution in [0.25, 0.3) is 11.0 Å². The van der Waals surface area contributed by atoms with Crippen LogP contribution in [0.1, 0.15) is 15.9 Å². The summed E-state index contributed by atoms with van der Waals surface area (Å²) in [4.78, 5) is 40.9. The van der Waals surface area contributed by atoms with Crippen molar-refractivity contribution in [3.05, 3.63) is 104 Å². The van der Waals surface area contributed by atoms with Crippen LogP contribution < -0.4 is 15.6 Å². The number of hydrogen-bond acceptors (Lipinski definition) is 6. The number of anilines is 1. The Morgan fingerprint density at radius 2 is 1.97 bits per heavy atom. The quantitative estimate of drug-likeness (QED) is 0.355. The molecule has 9 nitrogen and oxygen atoms in total. The van der Waals surface area contributed by atoms with Crippen molar-refractivity contribution < 1.29 is 18.8 Å². The molecule has 4 rings (SSSR count). The molecule has 0 saturated heterocycles. The van der Waals surface area contributed by atoms with Gasteiger partial charge in [-0.05, 0) is 30.3 Å². The molecular formula is C23H17FN4O5. The van der Waals surface area contributed by atoms with Gasteiger partial charge in [-0.2, -0.15) is 0 Å². The Bertz CT molecular complexity index is 1450. The summed E-state index contributed by atoms with van der Waals surface area (Å²) in [5.74, 6) is -1.18. The van der Waals surface area contributed by atoms with Gasteiger partial charge in [0, 0.05) is 23.2 Å². The van der Waals surface area contributed by atoms with Gasteiger partial charge in [0.15, 0.2) is 0 Å². The number of benzene rings is 2. The summed E-state index contributed by atoms with van der Waals surface area (Å²) in [7, 11) is 1.30. The molecule has 0 aliphatic heterocycles. The van der Waals surface area contributed by atoms with Crippen LogP contribution in [-0.2, 0) is 6.54 Å². The van der Waals surface area contributed by atoms with Gasteiger partial charge in [-0.25, -0.2) is 9.37 Å². The van der Waals surface area contributed by atoms with E-state index in [1.165, 1.54) is 42.1 Å². The summed E-state index contributed by atoms with van der Waals surface area (Å²) in [5.41, 5.74) is -0.361. The predicted molar refractivity (Wildman–Crippen MR) is 119 cm³/mol. The molecule has 0 fully saturated rings. The Morgan fingerprint density at radius 3 is 2.70 bits per heavy atom. The molecule has 166 valence electrons. The summed E-state index contributed by atoms with van der Waals surface area (Å²) in [6.07, 6.45) is 1.50. The first-order valence-electron chi connectivity index (χ1n) is 9.75. The molecule has 0 unspecified atom stereocenters. The van der Waals surface area contributed by atoms with Crippen molar-refractivity contribution >= 4 is 28.3 Å². The van der Waals surface area contributed by atoms with Crippen molar-refractivity contribution in [1.29, 1.82) is 0 Å². The highest BCUT2D eigenvalue weighted by molar-refractivity contribution is 6.06. The summed E-state index contributed by atoms with van der Waals surface area (Å²) >= 11 is 0. The average molecular weight is 448 g/mol. The molecule has 0 bridgehead atoms. The number of nitrogens with one attached hydrogen (secondary N) is 1. The van der Waals surface area contributed by atoms with E-state index in [2.05, 4.69) is 10.3 Å². The second kappa shape index (κ2) is 8.87. The molecule has 2 heterocycles. The van der Waals surface area contributed by atoms with Crippen molar-refractivity contribution in [2.24, 2.45) is 0 Å². The molecule has 0 saturated carbocycles. The standard InChI is InChI=1S/C23H17FN4O5/c1-33-20-12-16(28(31)32)8-9-19(20)26-22(29)17-11-14-6-4-10-25-21(14)27(23(17)30)13-15-5-2-3-7-18(15)24/h2-12H,13H2,1H3,(H,26,29). The van der Waals surface area contributed by atoms with Gasteiger partial charge >= 0.3 is 0 Å². The maximum Gasteiger partial charge on any atom is 0.273 e. The number of fused-ring (bicyclic) bond motifs is 1. The number of ether oxygens (including phenoxy) is 1. The molecule has 0 aliphatic carbocycles. The molecule has 0 atom stereocenters. The van der Waals surface area contributed by atoms with E-state index in [0.717, 1.165) is 6.07 Å². The molecular weight excluding hydrogens is 431 g/mol. The van der Waals surface area contributed by atoms with Crippen molar-refractivity contribution in [1.82, 2.24) is 9.55 Å². The fourth-order valence-electron chi connectivity index (χ4n) is 3.40. The van der Waals surface area contributed by atoms with Gasteiger partial charge in [-0.1, -0.05) is 18.2 Å². The van der Waals surface area contributed by atoms with Gasteiger partial charge in [0.2, 0.25) is 0 Å². The zero-order valence-corrected chi connectivity index (χ0v) is 17.3. The smallest absolute Gasteiger partial charge is 0.273 e. The molecule has 0 radical (unpaired) electrons. The summed E-state index contributed by atoms with van der Waals surface area (Å²) in [6.45, 7) is -0.124. The van der Waals surface area contributed by atoms with Crippen LogP contribution in [-0.4, -0.2) is 27.5 Å². The van der Waals surface area contributed by atoms with Crippen LogP contribution in [0, 0.1) is 15.9 Å². The highest BCUT2D eigenvalue weighted by atomic mass is 19.1. The number of non-ortho nitro benzene ring substituents is 1. The van der Waals surface area contributed by atoms with Gasteiger partial charge in [-0.15, -0.1) is 0 Å². The van der Waals surface area contributed by atoms with Gasteiger partial charge in [0.1, 0.15) is 22.8 Å². The van der Waals surface area contributed by atoms with Gasteiger partial charge < -0.3 is 10.1 Å². The van der Waals surface area contributed by atoms with Crippen LogP contribution in [0.3, 0.4) is 0 Å². The minimum absolute atomic E-state index is 0.0617. The van der Waals surface area contributed by atoms with E-state index < -0.39 is 22.2 Å². The van der Waals surface area contributed by atoms with E-state index in [9.17, 15) is 24.1 Å². The maximum absolute atomic E-state index is 14.2. The fraction of sp³-hybridized carbons (Fsp3) is 0.0870. The monoisotopic (exact) mass is 448 g/mol. The number of aromatic nitrogens is 2. The average Bonchev–Trinajstić information content (AvgIpc) is 2.81. The normalized spacial score (nSPS) is 10.7. The summed E-state index contributed by atoms with van der Waals surface area (Å²) in [5, 5.41) is 14.1. The van der Waals surface area contributed by atoms with E-state index in [-0.39, 0.29) is 34.8 Å². The maximum atomic E-state index is 14.2. The van der Waals surface area contributed by atoms with Crippen LogP contribution in [0.4, 0.5) is 15.8 Å². The highest BCUT2D eigenvalue weighted by Gasteiger charge is 2.20. The van der Waals surface area contributed by atoms with E-state index in [1.54, 1.807) is 30.3 Å². The summed E-state index contributed by atoms with van der Waals surface area (Å²) < 4.78 is 20.6. The molecule has 33 heavy (non-hydrogen) atoms. The third-order valence-electron chi connectivity index (χ3n) is 5.02. The van der Waals surface area contributed by atoms with E-state index >= 15 is 0 Å². The highest BCUT2D eigenvalue weighted by Crippen LogP contribution is 2.29. The minimum Gasteiger partial charge on any atom is -0.494 e. The third kappa shape index (κ3) is 4.26. The van der Waals surface area contributed by atoms with Gasteiger partial charge in [-0.3, -0.25) is 24.3 Å². The number of carbonyl (C=O) groups is 1. The fourth-order valence-corrected chi connectivity index (χ4v) is 3.40. The van der Waals surface area contributed by atoms with E-state index in [1.807, 2.05) is 0 Å². The third-order valence-corrected chi connectivity index (χ3v) is 5.02. The number of nitro benzene ring substituents is 1. The molecule has 0 aliphatic rings. The first kappa shape index (κ1) is 21.6. The molecule has 1 N–H and O–H groups in total. The van der Waals surface area contributed by atoms with Crippen LogP contribution >= 0.6 is 0 Å². The second-order valence-electron chi connectivity index (χ2n) is 7.05. The Labute approximate surface area is 186 Å². The SMILES string of the molecule is COc1cc([N+](=O)[O-])ccc1NC(=O)c1cc2cccnc2n(Cc2ccccc2F)c1=O.